The van der Waals surface area contributed by atoms with Gasteiger partial charge in [-0.2, -0.15) is 0 Å². The third kappa shape index (κ3) is 2.89. The number of nitrogens with zero attached hydrogens (tertiary/aromatic N) is 4. The summed E-state index contributed by atoms with van der Waals surface area (Å²) in [5, 5.41) is 0.416. The highest BCUT2D eigenvalue weighted by atomic mass is 16.5. The molecule has 2 aromatic heterocycles. The molecule has 0 radical (unpaired) electrons. The lowest BCUT2D eigenvalue weighted by Crippen LogP contribution is -2.42. The maximum absolute atomic E-state index is 12.8. The van der Waals surface area contributed by atoms with E-state index in [-0.39, 0.29) is 17.4 Å². The molecular weight excluding hydrogens is 336 g/mol. The molecule has 0 spiro atoms. The summed E-state index contributed by atoms with van der Waals surface area (Å²) in [5.74, 6) is -0.420. The maximum Gasteiger partial charge on any atom is 0.332 e. The quantitative estimate of drug-likeness (QED) is 0.750. The number of piperidine rings is 1. The predicted octanol–water partition coefficient (Wildman–Crippen LogP) is 0.720. The van der Waals surface area contributed by atoms with Gasteiger partial charge in [0.1, 0.15) is 5.39 Å². The van der Waals surface area contributed by atoms with Crippen LogP contribution in [0.3, 0.4) is 0 Å². The van der Waals surface area contributed by atoms with Crippen LogP contribution in [0.2, 0.25) is 0 Å². The van der Waals surface area contributed by atoms with E-state index in [9.17, 15) is 14.4 Å². The first-order valence-corrected chi connectivity index (χ1v) is 8.83. The Balaban J connectivity index is 2.16. The van der Waals surface area contributed by atoms with Crippen LogP contribution >= 0.6 is 0 Å². The van der Waals surface area contributed by atoms with Gasteiger partial charge in [-0.3, -0.25) is 18.7 Å². The van der Waals surface area contributed by atoms with Crippen molar-refractivity contribution in [2.45, 2.75) is 26.7 Å². The molecule has 8 nitrogen and oxygen atoms in total. The summed E-state index contributed by atoms with van der Waals surface area (Å²) in [6.45, 7) is 5.27. The lowest BCUT2D eigenvalue weighted by atomic mass is 9.96. The topological polar surface area (TPSA) is 86.4 Å². The van der Waals surface area contributed by atoms with Gasteiger partial charge in [0, 0.05) is 33.4 Å². The van der Waals surface area contributed by atoms with Crippen LogP contribution in [-0.2, 0) is 23.6 Å². The van der Waals surface area contributed by atoms with E-state index in [1.807, 2.05) is 6.92 Å². The highest BCUT2D eigenvalue weighted by molar-refractivity contribution is 5.91. The van der Waals surface area contributed by atoms with E-state index in [0.29, 0.717) is 24.2 Å². The average Bonchev–Trinajstić information content (AvgIpc) is 2.64. The predicted molar refractivity (Wildman–Crippen MR) is 98.5 cm³/mol. The lowest BCUT2D eigenvalue weighted by molar-refractivity contribution is -0.148. The maximum atomic E-state index is 12.8. The van der Waals surface area contributed by atoms with Crippen molar-refractivity contribution < 1.29 is 9.53 Å². The van der Waals surface area contributed by atoms with E-state index in [0.717, 1.165) is 35.2 Å². The van der Waals surface area contributed by atoms with E-state index in [1.54, 1.807) is 20.2 Å². The summed E-state index contributed by atoms with van der Waals surface area (Å²) in [5.41, 5.74) is 1.18. The zero-order valence-electron chi connectivity index (χ0n) is 15.6. The minimum Gasteiger partial charge on any atom is -0.466 e. The molecule has 0 N–H and O–H groups in total. The third-order valence-electron chi connectivity index (χ3n) is 4.98. The number of pyridine rings is 1. The number of hydrogen-bond acceptors (Lipinski definition) is 6. The Hall–Kier alpha value is -2.64. The van der Waals surface area contributed by atoms with E-state index < -0.39 is 5.69 Å². The molecule has 1 fully saturated rings. The second-order valence-electron chi connectivity index (χ2n) is 6.73. The summed E-state index contributed by atoms with van der Waals surface area (Å²) < 4.78 is 7.65. The molecule has 1 aliphatic heterocycles. The third-order valence-corrected chi connectivity index (χ3v) is 4.98. The summed E-state index contributed by atoms with van der Waals surface area (Å²) in [7, 11) is 3.07. The molecule has 3 rings (SSSR count). The van der Waals surface area contributed by atoms with Gasteiger partial charge in [0.15, 0.2) is 5.65 Å². The molecule has 1 saturated heterocycles. The first-order valence-electron chi connectivity index (χ1n) is 8.83. The van der Waals surface area contributed by atoms with Gasteiger partial charge in [0.05, 0.1) is 18.2 Å². The number of esters is 1. The molecule has 1 aliphatic rings. The molecule has 26 heavy (non-hydrogen) atoms. The Morgan fingerprint density at radius 3 is 2.73 bits per heavy atom. The van der Waals surface area contributed by atoms with Crippen LogP contribution in [0.1, 0.15) is 25.3 Å². The monoisotopic (exact) mass is 360 g/mol. The van der Waals surface area contributed by atoms with Gasteiger partial charge in [-0.25, -0.2) is 9.78 Å². The summed E-state index contributed by atoms with van der Waals surface area (Å²) in [4.78, 5) is 43.6. The van der Waals surface area contributed by atoms with Crippen LogP contribution in [0.5, 0.6) is 0 Å². The minimum absolute atomic E-state index is 0.200. The van der Waals surface area contributed by atoms with E-state index in [1.165, 1.54) is 11.6 Å². The number of fused-ring (bicyclic) bond motifs is 1. The Morgan fingerprint density at radius 1 is 1.31 bits per heavy atom. The highest BCUT2D eigenvalue weighted by Gasteiger charge is 2.29. The molecule has 2 aromatic rings. The molecule has 1 atom stereocenters. The molecule has 8 heteroatoms. The number of rotatable bonds is 3. The van der Waals surface area contributed by atoms with Gasteiger partial charge in [0.25, 0.3) is 5.56 Å². The Morgan fingerprint density at radius 2 is 2.04 bits per heavy atom. The van der Waals surface area contributed by atoms with Crippen molar-refractivity contribution in [1.82, 2.24) is 14.1 Å². The normalized spacial score (nSPS) is 17.5. The molecule has 0 aliphatic carbocycles. The van der Waals surface area contributed by atoms with Crippen LogP contribution in [0.15, 0.2) is 15.8 Å². The van der Waals surface area contributed by atoms with Crippen LogP contribution in [-0.4, -0.2) is 39.8 Å². The van der Waals surface area contributed by atoms with Crippen LogP contribution in [0.4, 0.5) is 5.69 Å². The number of aryl methyl sites for hydroxylation is 2. The number of anilines is 1. The molecule has 0 amide bonds. The SMILES string of the molecule is CCOC(=O)[C@H]1CCCN(c2c(C)cnc3c2c(=O)n(C)c(=O)n3C)C1. The molecule has 0 saturated carbocycles. The smallest absolute Gasteiger partial charge is 0.332 e. The fourth-order valence-corrected chi connectivity index (χ4v) is 3.65. The zero-order chi connectivity index (χ0) is 19.0. The first kappa shape index (κ1) is 18.2. The molecule has 0 aromatic carbocycles. The molecule has 0 unspecified atom stereocenters. The lowest BCUT2D eigenvalue weighted by Gasteiger charge is -2.34. The fourth-order valence-electron chi connectivity index (χ4n) is 3.65. The van der Waals surface area contributed by atoms with E-state index in [2.05, 4.69) is 9.88 Å². The fraction of sp³-hybridized carbons (Fsp3) is 0.556. The highest BCUT2D eigenvalue weighted by Crippen LogP contribution is 2.30. The van der Waals surface area contributed by atoms with Crippen LogP contribution in [0.25, 0.3) is 11.0 Å². The van der Waals surface area contributed by atoms with Crippen molar-refractivity contribution in [3.8, 4) is 0 Å². The molecular formula is C18H24N4O4. The Labute approximate surface area is 151 Å². The number of ether oxygens (including phenoxy) is 1. The molecule has 0 bridgehead atoms. The summed E-state index contributed by atoms with van der Waals surface area (Å²) >= 11 is 0. The second kappa shape index (κ2) is 6.93. The second-order valence-corrected chi connectivity index (χ2v) is 6.73. The zero-order valence-corrected chi connectivity index (χ0v) is 15.6. The van der Waals surface area contributed by atoms with E-state index >= 15 is 0 Å². The van der Waals surface area contributed by atoms with Gasteiger partial charge in [-0.05, 0) is 32.3 Å². The van der Waals surface area contributed by atoms with Gasteiger partial charge in [-0.1, -0.05) is 0 Å². The van der Waals surface area contributed by atoms with Gasteiger partial charge < -0.3 is 9.64 Å². The van der Waals surface area contributed by atoms with Crippen LogP contribution < -0.4 is 16.1 Å². The number of aromatic nitrogens is 3. The Bertz CT molecular complexity index is 976. The average molecular weight is 360 g/mol. The van der Waals surface area contributed by atoms with Gasteiger partial charge >= 0.3 is 11.7 Å². The van der Waals surface area contributed by atoms with Crippen molar-refractivity contribution in [1.29, 1.82) is 0 Å². The summed E-state index contributed by atoms with van der Waals surface area (Å²) in [6, 6.07) is 0. The van der Waals surface area contributed by atoms with Gasteiger partial charge in [-0.15, -0.1) is 0 Å². The molecule has 3 heterocycles. The number of carbonyl (C=O) groups excluding carboxylic acids is 1. The largest absolute Gasteiger partial charge is 0.466 e. The first-order chi connectivity index (χ1) is 12.4. The van der Waals surface area contributed by atoms with Gasteiger partial charge in [0.2, 0.25) is 0 Å². The number of hydrogen-bond donors (Lipinski definition) is 0. The van der Waals surface area contributed by atoms with Crippen molar-refractivity contribution in [3.63, 3.8) is 0 Å². The van der Waals surface area contributed by atoms with Crippen molar-refractivity contribution >= 4 is 22.7 Å². The van der Waals surface area contributed by atoms with Crippen molar-refractivity contribution in [3.05, 3.63) is 32.6 Å². The minimum atomic E-state index is -0.409. The van der Waals surface area contributed by atoms with Crippen molar-refractivity contribution in [2.75, 3.05) is 24.6 Å². The Kier molecular flexibility index (Phi) is 4.84. The van der Waals surface area contributed by atoms with Crippen molar-refractivity contribution in [2.24, 2.45) is 20.0 Å². The van der Waals surface area contributed by atoms with E-state index in [4.69, 9.17) is 4.74 Å². The molecule has 140 valence electrons. The standard InChI is InChI=1S/C18H24N4O4/c1-5-26-17(24)12-7-6-8-22(10-12)14-11(2)9-19-15-13(14)16(23)21(4)18(25)20(15)3/h9,12H,5-8,10H2,1-4H3/t12-/m0/s1. The summed E-state index contributed by atoms with van der Waals surface area (Å²) in [6.07, 6.45) is 3.28. The van der Waals surface area contributed by atoms with Crippen LogP contribution in [0, 0.1) is 12.8 Å². The number of carbonyl (C=O) groups is 1.